The Hall–Kier alpha value is -2.53. The summed E-state index contributed by atoms with van der Waals surface area (Å²) < 4.78 is 53.5. The number of hydrogen-bond donors (Lipinski definition) is 3. The molecule has 0 spiro atoms. The van der Waals surface area contributed by atoms with Crippen LogP contribution >= 0.6 is 11.6 Å². The van der Waals surface area contributed by atoms with Gasteiger partial charge in [-0.25, -0.2) is 17.2 Å². The van der Waals surface area contributed by atoms with Crippen molar-refractivity contribution in [1.82, 2.24) is 9.29 Å². The van der Waals surface area contributed by atoms with Crippen LogP contribution in [-0.2, 0) is 10.0 Å². The van der Waals surface area contributed by atoms with Gasteiger partial charge in [-0.15, -0.1) is 0 Å². The highest BCUT2D eigenvalue weighted by molar-refractivity contribution is 7.89. The predicted molar refractivity (Wildman–Crippen MR) is 102 cm³/mol. The van der Waals surface area contributed by atoms with Gasteiger partial charge in [0, 0.05) is 41.9 Å². The van der Waals surface area contributed by atoms with Crippen molar-refractivity contribution >= 4 is 44.1 Å². The summed E-state index contributed by atoms with van der Waals surface area (Å²) in [5.74, 6) is -3.19. The number of aromatic amines is 1. The first-order valence-corrected chi connectivity index (χ1v) is 10.2. The first kappa shape index (κ1) is 19.8. The van der Waals surface area contributed by atoms with E-state index in [1.807, 2.05) is 0 Å². The first-order chi connectivity index (χ1) is 13.7. The highest BCUT2D eigenvalue weighted by Gasteiger charge is 2.36. The molecular formula is C18H14ClF2N3O4S. The lowest BCUT2D eigenvalue weighted by molar-refractivity contribution is 0.0548. The zero-order valence-corrected chi connectivity index (χ0v) is 16.2. The van der Waals surface area contributed by atoms with Crippen LogP contribution in [0.5, 0.6) is 0 Å². The number of nitrogens with zero attached hydrogens (tertiary/aromatic N) is 1. The minimum Gasteiger partial charge on any atom is -0.390 e. The number of amides is 1. The summed E-state index contributed by atoms with van der Waals surface area (Å²) in [5, 5.41) is 11.7. The molecule has 0 aliphatic carbocycles. The summed E-state index contributed by atoms with van der Waals surface area (Å²) in [6.45, 7) is -0.0556. The number of rotatable bonds is 4. The zero-order valence-electron chi connectivity index (χ0n) is 14.6. The second-order valence-electron chi connectivity index (χ2n) is 6.59. The fraction of sp³-hybridized carbons (Fsp3) is 0.167. The molecule has 0 unspecified atom stereocenters. The fourth-order valence-electron chi connectivity index (χ4n) is 3.07. The Balaban J connectivity index is 1.73. The SMILES string of the molecule is O=C(Nc1cc(F)c(F)c(Cl)c1)c1cc(S(=O)(=O)N2CC(O)C2)cc2[nH]ccc12. The van der Waals surface area contributed by atoms with E-state index in [-0.39, 0.29) is 29.2 Å². The van der Waals surface area contributed by atoms with Gasteiger partial charge >= 0.3 is 0 Å². The average Bonchev–Trinajstić information content (AvgIpc) is 3.11. The number of aliphatic hydroxyl groups excluding tert-OH is 1. The Morgan fingerprint density at radius 3 is 2.62 bits per heavy atom. The molecule has 152 valence electrons. The van der Waals surface area contributed by atoms with Gasteiger partial charge in [0.15, 0.2) is 11.6 Å². The van der Waals surface area contributed by atoms with Crippen molar-refractivity contribution in [3.63, 3.8) is 0 Å². The third-order valence-electron chi connectivity index (χ3n) is 4.60. The van der Waals surface area contributed by atoms with Gasteiger partial charge in [0.1, 0.15) is 0 Å². The molecule has 1 aliphatic heterocycles. The van der Waals surface area contributed by atoms with Crippen LogP contribution in [0.25, 0.3) is 10.9 Å². The Kier molecular flexibility index (Phi) is 4.82. The molecule has 1 saturated heterocycles. The molecule has 29 heavy (non-hydrogen) atoms. The maximum atomic E-state index is 13.6. The number of β-amino-alcohol motifs (C(OH)–C–C–N with tert-alkyl or cyclic N) is 1. The molecule has 0 saturated carbocycles. The molecule has 0 bridgehead atoms. The molecule has 11 heteroatoms. The lowest BCUT2D eigenvalue weighted by Crippen LogP contribution is -2.53. The number of carbonyl (C=O) groups is 1. The van der Waals surface area contributed by atoms with Crippen LogP contribution in [0, 0.1) is 11.6 Å². The molecule has 7 nitrogen and oxygen atoms in total. The quantitative estimate of drug-likeness (QED) is 0.542. The number of aromatic nitrogens is 1. The standard InChI is InChI=1S/C18H14ClF2N3O4S/c19-14-3-9(4-15(20)17(14)21)23-18(26)13-5-11(6-16-12(13)1-2-22-16)29(27,28)24-7-10(25)8-24/h1-6,10,22,25H,7-8H2,(H,23,26). The molecule has 4 rings (SSSR count). The fourth-order valence-corrected chi connectivity index (χ4v) is 4.84. The molecule has 2 aromatic carbocycles. The number of halogens is 3. The predicted octanol–water partition coefficient (Wildman–Crippen LogP) is 2.72. The van der Waals surface area contributed by atoms with Crippen LogP contribution < -0.4 is 5.32 Å². The lowest BCUT2D eigenvalue weighted by Gasteiger charge is -2.34. The topological polar surface area (TPSA) is 102 Å². The third kappa shape index (κ3) is 3.48. The molecule has 0 atom stereocenters. The van der Waals surface area contributed by atoms with E-state index in [0.29, 0.717) is 10.9 Å². The normalized spacial score (nSPS) is 15.4. The number of anilines is 1. The van der Waals surface area contributed by atoms with Crippen molar-refractivity contribution < 1.29 is 27.1 Å². The smallest absolute Gasteiger partial charge is 0.256 e. The van der Waals surface area contributed by atoms with Crippen LogP contribution in [-0.4, -0.2) is 47.9 Å². The van der Waals surface area contributed by atoms with Crippen molar-refractivity contribution in [2.24, 2.45) is 0 Å². The third-order valence-corrected chi connectivity index (χ3v) is 6.68. The number of sulfonamides is 1. The Bertz CT molecular complexity index is 1220. The van der Waals surface area contributed by atoms with Crippen LogP contribution in [0.15, 0.2) is 41.4 Å². The number of fused-ring (bicyclic) bond motifs is 1. The van der Waals surface area contributed by atoms with Crippen LogP contribution in [0.2, 0.25) is 5.02 Å². The van der Waals surface area contributed by atoms with Crippen molar-refractivity contribution in [3.8, 4) is 0 Å². The Morgan fingerprint density at radius 1 is 1.24 bits per heavy atom. The number of nitrogens with one attached hydrogen (secondary N) is 2. The maximum Gasteiger partial charge on any atom is 0.256 e. The molecule has 3 N–H and O–H groups in total. The van der Waals surface area contributed by atoms with Gasteiger partial charge in [-0.1, -0.05) is 11.6 Å². The van der Waals surface area contributed by atoms with Crippen LogP contribution in [0.1, 0.15) is 10.4 Å². The van der Waals surface area contributed by atoms with Crippen LogP contribution in [0.3, 0.4) is 0 Å². The van der Waals surface area contributed by atoms with E-state index in [1.165, 1.54) is 12.1 Å². The summed E-state index contributed by atoms with van der Waals surface area (Å²) >= 11 is 5.60. The summed E-state index contributed by atoms with van der Waals surface area (Å²) in [6.07, 6.45) is 0.819. The highest BCUT2D eigenvalue weighted by atomic mass is 35.5. The second-order valence-corrected chi connectivity index (χ2v) is 8.94. The number of H-pyrrole nitrogens is 1. The summed E-state index contributed by atoms with van der Waals surface area (Å²) in [7, 11) is -3.91. The largest absolute Gasteiger partial charge is 0.390 e. The van der Waals surface area contributed by atoms with Crippen molar-refractivity contribution in [1.29, 1.82) is 0 Å². The molecular weight excluding hydrogens is 428 g/mol. The van der Waals surface area contributed by atoms with Crippen LogP contribution in [0.4, 0.5) is 14.5 Å². The van der Waals surface area contributed by atoms with E-state index < -0.39 is 38.7 Å². The number of aliphatic hydroxyl groups is 1. The zero-order chi connectivity index (χ0) is 20.9. The van der Waals surface area contributed by atoms with E-state index in [0.717, 1.165) is 16.4 Å². The van der Waals surface area contributed by atoms with E-state index in [2.05, 4.69) is 10.3 Å². The number of hydrogen-bond acceptors (Lipinski definition) is 4. The van der Waals surface area contributed by atoms with Gasteiger partial charge in [0.2, 0.25) is 10.0 Å². The molecule has 2 heterocycles. The molecule has 1 fully saturated rings. The van der Waals surface area contributed by atoms with E-state index in [9.17, 15) is 27.1 Å². The summed E-state index contributed by atoms with van der Waals surface area (Å²) in [4.78, 5) is 15.5. The van der Waals surface area contributed by atoms with Gasteiger partial charge in [0.25, 0.3) is 5.91 Å². The molecule has 0 radical (unpaired) electrons. The van der Waals surface area contributed by atoms with Gasteiger partial charge in [-0.05, 0) is 24.3 Å². The first-order valence-electron chi connectivity index (χ1n) is 8.42. The Morgan fingerprint density at radius 2 is 1.97 bits per heavy atom. The van der Waals surface area contributed by atoms with E-state index >= 15 is 0 Å². The van der Waals surface area contributed by atoms with Gasteiger partial charge in [0.05, 0.1) is 21.6 Å². The van der Waals surface area contributed by atoms with Gasteiger partial charge in [-0.2, -0.15) is 4.31 Å². The summed E-state index contributed by atoms with van der Waals surface area (Å²) in [6, 6.07) is 6.00. The summed E-state index contributed by atoms with van der Waals surface area (Å²) in [5.41, 5.74) is 0.339. The minimum absolute atomic E-state index is 0.0178. The van der Waals surface area contributed by atoms with Crippen molar-refractivity contribution in [2.45, 2.75) is 11.0 Å². The second kappa shape index (κ2) is 7.06. The monoisotopic (exact) mass is 441 g/mol. The maximum absolute atomic E-state index is 13.6. The Labute approximate surface area is 168 Å². The number of carbonyl (C=O) groups excluding carboxylic acids is 1. The molecule has 3 aromatic rings. The van der Waals surface area contributed by atoms with Gasteiger partial charge in [-0.3, -0.25) is 4.79 Å². The number of benzene rings is 2. The minimum atomic E-state index is -3.91. The van der Waals surface area contributed by atoms with Crippen molar-refractivity contribution in [2.75, 3.05) is 18.4 Å². The van der Waals surface area contributed by atoms with Gasteiger partial charge < -0.3 is 15.4 Å². The van der Waals surface area contributed by atoms with E-state index in [1.54, 1.807) is 12.3 Å². The van der Waals surface area contributed by atoms with E-state index in [4.69, 9.17) is 11.6 Å². The highest BCUT2D eigenvalue weighted by Crippen LogP contribution is 2.29. The lowest BCUT2D eigenvalue weighted by atomic mass is 10.1. The molecule has 1 aliphatic rings. The van der Waals surface area contributed by atoms with Crippen molar-refractivity contribution in [3.05, 3.63) is 58.7 Å². The molecule has 1 aromatic heterocycles. The average molecular weight is 442 g/mol. The molecule has 1 amide bonds.